The van der Waals surface area contributed by atoms with E-state index >= 15 is 0 Å². The van der Waals surface area contributed by atoms with Crippen LogP contribution in [0.5, 0.6) is 0 Å². The maximum absolute atomic E-state index is 12.9. The molecule has 0 spiro atoms. The highest BCUT2D eigenvalue weighted by atomic mass is 16.6. The average molecular weight is 1160 g/mol. The van der Waals surface area contributed by atoms with Gasteiger partial charge in [0.1, 0.15) is 13.2 Å². The van der Waals surface area contributed by atoms with Gasteiger partial charge in [0.2, 0.25) is 0 Å². The van der Waals surface area contributed by atoms with Crippen LogP contribution in [0.2, 0.25) is 0 Å². The van der Waals surface area contributed by atoms with Crippen LogP contribution in [0.1, 0.15) is 438 Å². The molecule has 0 aliphatic rings. The Morgan fingerprint density at radius 2 is 0.415 bits per heavy atom. The zero-order valence-electron chi connectivity index (χ0n) is 56.1. The fraction of sp³-hybridized carbons (Fsp3) is 0.934. The first-order valence-corrected chi connectivity index (χ1v) is 37.7. The third kappa shape index (κ3) is 68.9. The van der Waals surface area contributed by atoms with E-state index in [1.54, 1.807) is 0 Å². The second-order valence-electron chi connectivity index (χ2n) is 25.9. The predicted molar refractivity (Wildman–Crippen MR) is 358 cm³/mol. The molecule has 0 rings (SSSR count). The summed E-state index contributed by atoms with van der Waals surface area (Å²) in [6, 6.07) is 0. The predicted octanol–water partition coefficient (Wildman–Crippen LogP) is 26.0. The highest BCUT2D eigenvalue weighted by Crippen LogP contribution is 2.20. The van der Waals surface area contributed by atoms with Crippen LogP contribution in [0.4, 0.5) is 0 Å². The molecule has 486 valence electrons. The Morgan fingerprint density at radius 1 is 0.232 bits per heavy atom. The quantitative estimate of drug-likeness (QED) is 0.0261. The fourth-order valence-corrected chi connectivity index (χ4v) is 11.8. The van der Waals surface area contributed by atoms with E-state index in [2.05, 4.69) is 32.9 Å². The second-order valence-corrected chi connectivity index (χ2v) is 25.9. The molecule has 0 aromatic rings. The molecular weight excluding hydrogens is 1010 g/mol. The summed E-state index contributed by atoms with van der Waals surface area (Å²) in [7, 11) is 0. The first-order valence-electron chi connectivity index (χ1n) is 37.7. The van der Waals surface area contributed by atoms with Crippen molar-refractivity contribution in [1.82, 2.24) is 0 Å². The Balaban J connectivity index is 4.07. The molecule has 6 nitrogen and oxygen atoms in total. The molecule has 0 amide bonds. The van der Waals surface area contributed by atoms with Gasteiger partial charge in [-0.15, -0.1) is 0 Å². The van der Waals surface area contributed by atoms with Crippen LogP contribution < -0.4 is 0 Å². The van der Waals surface area contributed by atoms with Crippen LogP contribution in [0.3, 0.4) is 0 Å². The second kappa shape index (κ2) is 71.6. The van der Waals surface area contributed by atoms with Gasteiger partial charge in [0.15, 0.2) is 6.10 Å². The lowest BCUT2D eigenvalue weighted by Gasteiger charge is -2.18. The van der Waals surface area contributed by atoms with Gasteiger partial charge in [-0.25, -0.2) is 0 Å². The molecule has 0 aromatic carbocycles. The van der Waals surface area contributed by atoms with Crippen LogP contribution >= 0.6 is 0 Å². The van der Waals surface area contributed by atoms with Gasteiger partial charge in [-0.05, 0) is 38.5 Å². The number of hydrogen-bond donors (Lipinski definition) is 0. The van der Waals surface area contributed by atoms with Gasteiger partial charge >= 0.3 is 17.9 Å². The first-order chi connectivity index (χ1) is 40.5. The van der Waals surface area contributed by atoms with E-state index in [-0.39, 0.29) is 31.1 Å². The third-order valence-electron chi connectivity index (χ3n) is 17.5. The Morgan fingerprint density at radius 3 is 0.646 bits per heavy atom. The molecule has 82 heavy (non-hydrogen) atoms. The SMILES string of the molecule is CCCC/C=C\CCCCCCCC(=O)OCC(COC(=O)CCCCCCCCCCCCCCCCCCCCCCCCCCCCCCCCC)OC(=O)CCCCCCCCCCCCCCCCCCCCCCCC. The topological polar surface area (TPSA) is 78.9 Å². The van der Waals surface area contributed by atoms with E-state index in [0.717, 1.165) is 64.2 Å². The molecule has 0 aromatic heterocycles. The highest BCUT2D eigenvalue weighted by Gasteiger charge is 2.20. The van der Waals surface area contributed by atoms with Crippen molar-refractivity contribution in [1.29, 1.82) is 0 Å². The molecule has 0 saturated carbocycles. The Kier molecular flexibility index (Phi) is 70.0. The number of ether oxygens (including phenoxy) is 3. The third-order valence-corrected chi connectivity index (χ3v) is 17.5. The van der Waals surface area contributed by atoms with Crippen LogP contribution in [-0.2, 0) is 28.6 Å². The summed E-state index contributed by atoms with van der Waals surface area (Å²) >= 11 is 0. The molecular formula is C76H146O6. The molecule has 6 heteroatoms. The van der Waals surface area contributed by atoms with E-state index in [4.69, 9.17) is 14.2 Å². The number of carbonyl (C=O) groups is 3. The fourth-order valence-electron chi connectivity index (χ4n) is 11.8. The summed E-state index contributed by atoms with van der Waals surface area (Å²) in [6.07, 6.45) is 87.1. The lowest BCUT2D eigenvalue weighted by atomic mass is 10.0. The number of hydrogen-bond acceptors (Lipinski definition) is 6. The minimum absolute atomic E-state index is 0.0658. The van der Waals surface area contributed by atoms with Crippen LogP contribution in [0.25, 0.3) is 0 Å². The molecule has 0 fully saturated rings. The van der Waals surface area contributed by atoms with Gasteiger partial charge in [-0.2, -0.15) is 0 Å². The number of rotatable bonds is 71. The first kappa shape index (κ1) is 80.2. The van der Waals surface area contributed by atoms with Crippen LogP contribution in [-0.4, -0.2) is 37.2 Å². The summed E-state index contributed by atoms with van der Waals surface area (Å²) in [6.45, 7) is 6.69. The van der Waals surface area contributed by atoms with Crippen molar-refractivity contribution in [3.63, 3.8) is 0 Å². The smallest absolute Gasteiger partial charge is 0.306 e. The van der Waals surface area contributed by atoms with Gasteiger partial charge < -0.3 is 14.2 Å². The van der Waals surface area contributed by atoms with E-state index in [9.17, 15) is 14.4 Å². The number of unbranched alkanes of at least 4 members (excludes halogenated alkanes) is 58. The highest BCUT2D eigenvalue weighted by molar-refractivity contribution is 5.71. The molecule has 0 aliphatic carbocycles. The van der Waals surface area contributed by atoms with Gasteiger partial charge in [0.05, 0.1) is 0 Å². The molecule has 0 N–H and O–H groups in total. The molecule has 0 bridgehead atoms. The zero-order chi connectivity index (χ0) is 59.2. The number of esters is 3. The van der Waals surface area contributed by atoms with Gasteiger partial charge in [-0.3, -0.25) is 14.4 Å². The molecule has 0 heterocycles. The normalized spacial score (nSPS) is 12.0. The minimum atomic E-state index is -0.770. The standard InChI is InChI=1S/C76H146O6/c1-4-7-10-13-16-19-22-24-26-28-30-32-34-35-36-37-38-39-40-41-42-44-45-47-49-51-54-57-60-63-66-69-75(78)81-72-73(71-80-74(77)68-65-62-59-56-53-21-18-15-12-9-6-3)82-76(79)70-67-64-61-58-55-52-50-48-46-43-33-31-29-27-25-23-20-17-14-11-8-5-2/h15,18,73H,4-14,16-17,19-72H2,1-3H3/b18-15-. The summed E-state index contributed by atoms with van der Waals surface area (Å²) in [4.78, 5) is 38.4. The van der Waals surface area contributed by atoms with Crippen LogP contribution in [0.15, 0.2) is 12.2 Å². The van der Waals surface area contributed by atoms with Crippen molar-refractivity contribution in [3.05, 3.63) is 12.2 Å². The Hall–Kier alpha value is -1.85. The van der Waals surface area contributed by atoms with Crippen molar-refractivity contribution in [3.8, 4) is 0 Å². The Labute approximate surface area is 513 Å². The molecule has 0 radical (unpaired) electrons. The molecule has 1 atom stereocenters. The van der Waals surface area contributed by atoms with Gasteiger partial charge in [-0.1, -0.05) is 392 Å². The van der Waals surface area contributed by atoms with Gasteiger partial charge in [0.25, 0.3) is 0 Å². The maximum atomic E-state index is 12.9. The molecule has 1 unspecified atom stereocenters. The van der Waals surface area contributed by atoms with Gasteiger partial charge in [0, 0.05) is 19.3 Å². The summed E-state index contributed by atoms with van der Waals surface area (Å²) < 4.78 is 17.0. The van der Waals surface area contributed by atoms with Crippen molar-refractivity contribution in [2.75, 3.05) is 13.2 Å². The monoisotopic (exact) mass is 1160 g/mol. The van der Waals surface area contributed by atoms with Crippen LogP contribution in [0, 0.1) is 0 Å². The van der Waals surface area contributed by atoms with E-state index in [0.29, 0.717) is 19.3 Å². The zero-order valence-corrected chi connectivity index (χ0v) is 56.1. The summed E-state index contributed by atoms with van der Waals surface area (Å²) in [5.74, 6) is -0.840. The van der Waals surface area contributed by atoms with Crippen molar-refractivity contribution < 1.29 is 28.6 Å². The van der Waals surface area contributed by atoms with Crippen molar-refractivity contribution in [2.24, 2.45) is 0 Å². The molecule has 0 aliphatic heterocycles. The minimum Gasteiger partial charge on any atom is -0.462 e. The van der Waals surface area contributed by atoms with E-state index in [1.807, 2.05) is 0 Å². The lowest BCUT2D eigenvalue weighted by molar-refractivity contribution is -0.167. The average Bonchev–Trinajstić information content (AvgIpc) is 3.48. The van der Waals surface area contributed by atoms with E-state index < -0.39 is 6.10 Å². The summed E-state index contributed by atoms with van der Waals surface area (Å²) in [5.41, 5.74) is 0. The van der Waals surface area contributed by atoms with Crippen molar-refractivity contribution >= 4 is 17.9 Å². The number of carbonyl (C=O) groups excluding carboxylic acids is 3. The molecule has 0 saturated heterocycles. The summed E-state index contributed by atoms with van der Waals surface area (Å²) in [5, 5.41) is 0. The van der Waals surface area contributed by atoms with Crippen molar-refractivity contribution in [2.45, 2.75) is 444 Å². The lowest BCUT2D eigenvalue weighted by Crippen LogP contribution is -2.30. The van der Waals surface area contributed by atoms with E-state index in [1.165, 1.54) is 334 Å². The largest absolute Gasteiger partial charge is 0.462 e. The Bertz CT molecular complexity index is 1280. The maximum Gasteiger partial charge on any atom is 0.306 e. The number of allylic oxidation sites excluding steroid dienone is 2.